The largest absolute Gasteiger partial charge is 0.462 e. The molecule has 1 aliphatic rings. The van der Waals surface area contributed by atoms with E-state index in [1.165, 1.54) is 0 Å². The van der Waals surface area contributed by atoms with Gasteiger partial charge in [-0.15, -0.1) is 0 Å². The van der Waals surface area contributed by atoms with E-state index >= 15 is 0 Å². The molecule has 0 saturated carbocycles. The summed E-state index contributed by atoms with van der Waals surface area (Å²) in [5.41, 5.74) is 2.27. The van der Waals surface area contributed by atoms with Crippen LogP contribution in [0.1, 0.15) is 47.8 Å². The first-order valence-electron chi connectivity index (χ1n) is 11.1. The molecule has 0 radical (unpaired) electrons. The van der Waals surface area contributed by atoms with Crippen LogP contribution in [0.5, 0.6) is 0 Å². The van der Waals surface area contributed by atoms with Gasteiger partial charge < -0.3 is 29.4 Å². The van der Waals surface area contributed by atoms with Crippen LogP contribution in [-0.4, -0.2) is 56.0 Å². The second-order valence-corrected chi connectivity index (χ2v) is 8.00. The number of methoxy groups -OCH3 is 1. The van der Waals surface area contributed by atoms with Gasteiger partial charge in [-0.1, -0.05) is 43.7 Å². The first-order chi connectivity index (χ1) is 15.5. The number of hydrogen-bond donors (Lipinski definition) is 2. The van der Waals surface area contributed by atoms with Crippen molar-refractivity contribution in [1.29, 1.82) is 0 Å². The number of piperidine rings is 1. The normalized spacial score (nSPS) is 18.3. The van der Waals surface area contributed by atoms with Crippen molar-refractivity contribution in [2.45, 2.75) is 51.9 Å². The number of carbonyl (C=O) groups excluding carboxylic acids is 2. The van der Waals surface area contributed by atoms with Gasteiger partial charge in [-0.25, -0.2) is 9.59 Å². The molecule has 1 saturated heterocycles. The molecule has 8 nitrogen and oxygen atoms in total. The first kappa shape index (κ1) is 23.7. The van der Waals surface area contributed by atoms with E-state index in [9.17, 15) is 9.59 Å². The van der Waals surface area contributed by atoms with Crippen LogP contribution in [-0.2, 0) is 20.8 Å². The second-order valence-electron chi connectivity index (χ2n) is 8.00. The predicted octanol–water partition coefficient (Wildman–Crippen LogP) is 3.80. The Balaban J connectivity index is 1.54. The van der Waals surface area contributed by atoms with Crippen molar-refractivity contribution in [1.82, 2.24) is 10.3 Å². The zero-order valence-corrected chi connectivity index (χ0v) is 19.1. The molecule has 32 heavy (non-hydrogen) atoms. The van der Waals surface area contributed by atoms with E-state index in [1.807, 2.05) is 43.3 Å². The third-order valence-electron chi connectivity index (χ3n) is 5.67. The molecule has 8 heteroatoms. The van der Waals surface area contributed by atoms with E-state index in [0.717, 1.165) is 29.9 Å². The average molecular weight is 444 g/mol. The Hall–Kier alpha value is -3.00. The number of nitrogens with one attached hydrogen (secondary N) is 2. The summed E-state index contributed by atoms with van der Waals surface area (Å²) in [7, 11) is 1.63. The van der Waals surface area contributed by atoms with Crippen LogP contribution in [0.4, 0.5) is 10.6 Å². The summed E-state index contributed by atoms with van der Waals surface area (Å²) in [4.78, 5) is 30.0. The van der Waals surface area contributed by atoms with Gasteiger partial charge in [0.2, 0.25) is 0 Å². The van der Waals surface area contributed by atoms with Gasteiger partial charge in [0.15, 0.2) is 0 Å². The Kier molecular flexibility index (Phi) is 8.56. The molecular weight excluding hydrogens is 410 g/mol. The molecule has 0 aliphatic carbocycles. The number of H-pyrrole nitrogens is 1. The summed E-state index contributed by atoms with van der Waals surface area (Å²) in [6.45, 7) is 5.85. The molecule has 2 aromatic rings. The third kappa shape index (κ3) is 6.26. The fraction of sp³-hybridized carbons (Fsp3) is 0.500. The summed E-state index contributed by atoms with van der Waals surface area (Å²) in [6, 6.07) is 11.2. The van der Waals surface area contributed by atoms with E-state index in [4.69, 9.17) is 14.2 Å². The topological polar surface area (TPSA) is 92.9 Å². The minimum atomic E-state index is -0.456. The van der Waals surface area contributed by atoms with Gasteiger partial charge in [0.05, 0.1) is 24.3 Å². The Morgan fingerprint density at radius 1 is 1.22 bits per heavy atom. The second kappa shape index (κ2) is 11.6. The Labute approximate surface area is 189 Å². The number of esters is 1. The number of rotatable bonds is 9. The molecule has 2 unspecified atom stereocenters. The van der Waals surface area contributed by atoms with E-state index in [2.05, 4.69) is 22.1 Å². The number of aromatic nitrogens is 1. The monoisotopic (exact) mass is 443 g/mol. The lowest BCUT2D eigenvalue weighted by Gasteiger charge is -2.38. The maximum atomic E-state index is 12.3. The SMILES string of the molecule is CCCCOC(=O)c1cc(N2CCC(NC(=O)OCc3ccccc3)C(OC)C2)[nH]c1C. The van der Waals surface area contributed by atoms with Gasteiger partial charge in [-0.3, -0.25) is 0 Å². The predicted molar refractivity (Wildman–Crippen MR) is 122 cm³/mol. The number of amides is 1. The number of anilines is 1. The van der Waals surface area contributed by atoms with Crippen LogP contribution >= 0.6 is 0 Å². The Morgan fingerprint density at radius 2 is 2.00 bits per heavy atom. The summed E-state index contributed by atoms with van der Waals surface area (Å²) >= 11 is 0. The van der Waals surface area contributed by atoms with Gasteiger partial charge in [0.25, 0.3) is 0 Å². The van der Waals surface area contributed by atoms with E-state index in [1.54, 1.807) is 7.11 Å². The molecule has 1 aromatic carbocycles. The van der Waals surface area contributed by atoms with Gasteiger partial charge in [0.1, 0.15) is 12.4 Å². The third-order valence-corrected chi connectivity index (χ3v) is 5.67. The van der Waals surface area contributed by atoms with E-state index in [0.29, 0.717) is 31.7 Å². The molecule has 1 amide bonds. The first-order valence-corrected chi connectivity index (χ1v) is 11.1. The minimum absolute atomic E-state index is 0.158. The minimum Gasteiger partial charge on any atom is -0.462 e. The van der Waals surface area contributed by atoms with Gasteiger partial charge in [-0.05, 0) is 31.4 Å². The molecule has 0 bridgehead atoms. The fourth-order valence-electron chi connectivity index (χ4n) is 3.77. The van der Waals surface area contributed by atoms with Crippen LogP contribution in [0.3, 0.4) is 0 Å². The van der Waals surface area contributed by atoms with Crippen molar-refractivity contribution < 1.29 is 23.8 Å². The van der Waals surface area contributed by atoms with E-state index < -0.39 is 6.09 Å². The zero-order valence-electron chi connectivity index (χ0n) is 19.1. The average Bonchev–Trinajstić information content (AvgIpc) is 3.20. The number of ether oxygens (including phenoxy) is 3. The molecule has 174 valence electrons. The van der Waals surface area contributed by atoms with Gasteiger partial charge in [0, 0.05) is 25.9 Å². The highest BCUT2D eigenvalue weighted by molar-refractivity contribution is 5.92. The standard InChI is InChI=1S/C24H33N3O5/c1-4-5-13-31-23(28)19-14-22(25-17(19)2)27-12-11-20(21(15-27)30-3)26-24(29)32-16-18-9-7-6-8-10-18/h6-10,14,20-21,25H,4-5,11-13,15-16H2,1-3H3,(H,26,29). The Bertz CT molecular complexity index is 883. The van der Waals surface area contributed by atoms with Crippen LogP contribution in [0.15, 0.2) is 36.4 Å². The van der Waals surface area contributed by atoms with Crippen LogP contribution < -0.4 is 10.2 Å². The summed E-state index contributed by atoms with van der Waals surface area (Å²) in [5, 5.41) is 2.93. The molecule has 2 N–H and O–H groups in total. The van der Waals surface area contributed by atoms with Crippen molar-refractivity contribution >= 4 is 17.9 Å². The lowest BCUT2D eigenvalue weighted by molar-refractivity contribution is 0.0498. The van der Waals surface area contributed by atoms with Gasteiger partial charge >= 0.3 is 12.1 Å². The number of nitrogens with zero attached hydrogens (tertiary/aromatic N) is 1. The lowest BCUT2D eigenvalue weighted by atomic mass is 10.0. The van der Waals surface area contributed by atoms with E-state index in [-0.39, 0.29) is 24.7 Å². The molecule has 1 fully saturated rings. The van der Waals surface area contributed by atoms with Crippen LogP contribution in [0.2, 0.25) is 0 Å². The number of carbonyl (C=O) groups is 2. The van der Waals surface area contributed by atoms with Crippen molar-refractivity contribution in [2.24, 2.45) is 0 Å². The smallest absolute Gasteiger partial charge is 0.407 e. The van der Waals surface area contributed by atoms with Crippen LogP contribution in [0, 0.1) is 6.92 Å². The number of benzene rings is 1. The highest BCUT2D eigenvalue weighted by Gasteiger charge is 2.32. The number of unbranched alkanes of at least 4 members (excludes halogenated alkanes) is 1. The fourth-order valence-corrected chi connectivity index (χ4v) is 3.77. The summed E-state index contributed by atoms with van der Waals surface area (Å²) in [6.07, 6.45) is 1.85. The van der Waals surface area contributed by atoms with Gasteiger partial charge in [-0.2, -0.15) is 0 Å². The molecule has 0 spiro atoms. The summed E-state index contributed by atoms with van der Waals surface area (Å²) < 4.78 is 16.3. The Morgan fingerprint density at radius 3 is 2.72 bits per heavy atom. The molecule has 3 rings (SSSR count). The quantitative estimate of drug-likeness (QED) is 0.452. The zero-order chi connectivity index (χ0) is 22.9. The highest BCUT2D eigenvalue weighted by atomic mass is 16.5. The number of aryl methyl sites for hydroxylation is 1. The molecule has 2 heterocycles. The van der Waals surface area contributed by atoms with Crippen molar-refractivity contribution in [3.8, 4) is 0 Å². The maximum absolute atomic E-state index is 12.3. The number of aromatic amines is 1. The molecule has 1 aromatic heterocycles. The summed E-state index contributed by atoms with van der Waals surface area (Å²) in [5.74, 6) is 0.538. The van der Waals surface area contributed by atoms with Crippen LogP contribution in [0.25, 0.3) is 0 Å². The molecular formula is C24H33N3O5. The number of alkyl carbamates (subject to hydrolysis) is 1. The van der Waals surface area contributed by atoms with Crippen molar-refractivity contribution in [3.05, 3.63) is 53.2 Å². The number of hydrogen-bond acceptors (Lipinski definition) is 6. The molecule has 1 aliphatic heterocycles. The lowest BCUT2D eigenvalue weighted by Crippen LogP contribution is -2.55. The molecule has 2 atom stereocenters. The van der Waals surface area contributed by atoms with Crippen molar-refractivity contribution in [2.75, 3.05) is 31.7 Å². The highest BCUT2D eigenvalue weighted by Crippen LogP contribution is 2.24. The maximum Gasteiger partial charge on any atom is 0.407 e. The van der Waals surface area contributed by atoms with Crippen molar-refractivity contribution in [3.63, 3.8) is 0 Å².